The van der Waals surface area contributed by atoms with Crippen LogP contribution in [-0.4, -0.2) is 36.9 Å². The van der Waals surface area contributed by atoms with Gasteiger partial charge in [0.25, 0.3) is 5.91 Å². The molecule has 1 amide bonds. The van der Waals surface area contributed by atoms with Crippen molar-refractivity contribution in [2.75, 3.05) is 5.32 Å². The Labute approximate surface area is 188 Å². The number of ether oxygens (including phenoxy) is 1. The van der Waals surface area contributed by atoms with Crippen LogP contribution in [0.15, 0.2) is 48.5 Å². The first kappa shape index (κ1) is 20.9. The minimum Gasteiger partial charge on any atom is -0.491 e. The molecule has 2 aromatic heterocycles. The molecule has 0 unspecified atom stereocenters. The molecule has 8 nitrogen and oxygen atoms in total. The molecule has 4 aromatic rings. The van der Waals surface area contributed by atoms with E-state index >= 15 is 0 Å². The molecule has 0 radical (unpaired) electrons. The molecule has 2 heterocycles. The number of nitrogens with one attached hydrogen (secondary N) is 2. The van der Waals surface area contributed by atoms with Crippen LogP contribution < -0.4 is 15.4 Å². The molecular weight excluding hydrogens is 432 g/mol. The van der Waals surface area contributed by atoms with E-state index in [1.165, 1.54) is 11.3 Å². The SMILES string of the molecule is Cc1nnc2sc(-c3ccc(NC(=S)NC(=O)c4cccc(OC(C)C)c4)cc3)nn12. The van der Waals surface area contributed by atoms with Crippen molar-refractivity contribution in [3.05, 3.63) is 59.9 Å². The Bertz CT molecular complexity index is 1250. The highest BCUT2D eigenvalue weighted by Gasteiger charge is 2.12. The first-order valence-electron chi connectivity index (χ1n) is 9.57. The maximum Gasteiger partial charge on any atom is 0.257 e. The van der Waals surface area contributed by atoms with Gasteiger partial charge in [0.15, 0.2) is 10.9 Å². The second-order valence-corrected chi connectivity index (χ2v) is 8.39. The van der Waals surface area contributed by atoms with Gasteiger partial charge in [0.2, 0.25) is 4.96 Å². The normalized spacial score (nSPS) is 11.0. The Kier molecular flexibility index (Phi) is 5.92. The largest absolute Gasteiger partial charge is 0.491 e. The molecule has 0 aliphatic carbocycles. The number of hydrogen-bond donors (Lipinski definition) is 2. The van der Waals surface area contributed by atoms with Crippen molar-refractivity contribution in [3.8, 4) is 16.3 Å². The van der Waals surface area contributed by atoms with Gasteiger partial charge in [0, 0.05) is 16.8 Å². The van der Waals surface area contributed by atoms with E-state index in [-0.39, 0.29) is 17.1 Å². The molecule has 0 spiro atoms. The van der Waals surface area contributed by atoms with Crippen LogP contribution in [0.3, 0.4) is 0 Å². The monoisotopic (exact) mass is 452 g/mol. The molecule has 31 heavy (non-hydrogen) atoms. The van der Waals surface area contributed by atoms with E-state index in [1.54, 1.807) is 22.7 Å². The molecule has 2 N–H and O–H groups in total. The zero-order chi connectivity index (χ0) is 22.0. The number of aromatic nitrogens is 4. The molecule has 0 bridgehead atoms. The zero-order valence-electron chi connectivity index (χ0n) is 17.1. The minimum absolute atomic E-state index is 0.0274. The first-order valence-corrected chi connectivity index (χ1v) is 10.8. The quantitative estimate of drug-likeness (QED) is 0.441. The topological polar surface area (TPSA) is 93.4 Å². The second kappa shape index (κ2) is 8.78. The molecule has 158 valence electrons. The molecule has 4 rings (SSSR count). The highest BCUT2D eigenvalue weighted by atomic mass is 32.1. The number of anilines is 1. The van der Waals surface area contributed by atoms with Gasteiger partial charge >= 0.3 is 0 Å². The van der Waals surface area contributed by atoms with Gasteiger partial charge in [-0.3, -0.25) is 10.1 Å². The lowest BCUT2D eigenvalue weighted by Crippen LogP contribution is -2.34. The van der Waals surface area contributed by atoms with Crippen LogP contribution in [0.4, 0.5) is 5.69 Å². The summed E-state index contributed by atoms with van der Waals surface area (Å²) in [5.74, 6) is 1.08. The summed E-state index contributed by atoms with van der Waals surface area (Å²) in [4.78, 5) is 13.2. The van der Waals surface area contributed by atoms with Crippen LogP contribution in [0, 0.1) is 6.92 Å². The molecule has 0 saturated heterocycles. The molecule has 0 saturated carbocycles. The van der Waals surface area contributed by atoms with Crippen LogP contribution in [0.5, 0.6) is 5.75 Å². The summed E-state index contributed by atoms with van der Waals surface area (Å²) in [5.41, 5.74) is 2.18. The number of nitrogens with zero attached hydrogens (tertiary/aromatic N) is 4. The fourth-order valence-electron chi connectivity index (χ4n) is 2.85. The van der Waals surface area contributed by atoms with Crippen molar-refractivity contribution in [2.24, 2.45) is 0 Å². The lowest BCUT2D eigenvalue weighted by atomic mass is 10.2. The van der Waals surface area contributed by atoms with Crippen LogP contribution in [0.2, 0.25) is 0 Å². The van der Waals surface area contributed by atoms with E-state index in [1.807, 2.05) is 51.1 Å². The molecular formula is C21H20N6O2S2. The standard InChI is InChI=1S/C21H20N6O2S2/c1-12(2)29-17-6-4-5-15(11-17)18(28)23-20(30)22-16-9-7-14(8-10-16)19-26-27-13(3)24-25-21(27)31-19/h4-12H,1-3H3,(H2,22,23,28,30). The summed E-state index contributed by atoms with van der Waals surface area (Å²) < 4.78 is 7.35. The maximum absolute atomic E-state index is 12.5. The number of carbonyl (C=O) groups is 1. The third kappa shape index (κ3) is 4.86. The number of aryl methyl sites for hydroxylation is 1. The average molecular weight is 453 g/mol. The van der Waals surface area contributed by atoms with Crippen molar-refractivity contribution in [1.29, 1.82) is 0 Å². The van der Waals surface area contributed by atoms with E-state index in [9.17, 15) is 4.79 Å². The molecule has 0 atom stereocenters. The van der Waals surface area contributed by atoms with Crippen molar-refractivity contribution in [2.45, 2.75) is 26.9 Å². The predicted octanol–water partition coefficient (Wildman–Crippen LogP) is 4.08. The minimum atomic E-state index is -0.307. The molecule has 0 fully saturated rings. The number of carbonyl (C=O) groups excluding carboxylic acids is 1. The van der Waals surface area contributed by atoms with Gasteiger partial charge in [-0.15, -0.1) is 10.2 Å². The summed E-state index contributed by atoms with van der Waals surface area (Å²) in [6.07, 6.45) is 0.0274. The van der Waals surface area contributed by atoms with Crippen molar-refractivity contribution in [1.82, 2.24) is 25.1 Å². The van der Waals surface area contributed by atoms with Gasteiger partial charge in [-0.2, -0.15) is 9.61 Å². The van der Waals surface area contributed by atoms with Crippen LogP contribution in [-0.2, 0) is 0 Å². The lowest BCUT2D eigenvalue weighted by molar-refractivity contribution is 0.0977. The highest BCUT2D eigenvalue weighted by Crippen LogP contribution is 2.26. The average Bonchev–Trinajstić information content (AvgIpc) is 3.30. The van der Waals surface area contributed by atoms with E-state index in [0.29, 0.717) is 11.3 Å². The van der Waals surface area contributed by atoms with Gasteiger partial charge < -0.3 is 10.1 Å². The van der Waals surface area contributed by atoms with Gasteiger partial charge in [-0.05, 0) is 75.5 Å². The fourth-order valence-corrected chi connectivity index (χ4v) is 3.95. The van der Waals surface area contributed by atoms with Crippen LogP contribution in [0.25, 0.3) is 15.5 Å². The molecule has 0 aliphatic rings. The third-order valence-electron chi connectivity index (χ3n) is 4.23. The lowest BCUT2D eigenvalue weighted by Gasteiger charge is -2.12. The Morgan fingerprint density at radius 3 is 2.65 bits per heavy atom. The van der Waals surface area contributed by atoms with Crippen molar-refractivity contribution in [3.63, 3.8) is 0 Å². The van der Waals surface area contributed by atoms with Crippen LogP contribution >= 0.6 is 23.6 Å². The summed E-state index contributed by atoms with van der Waals surface area (Å²) >= 11 is 6.75. The van der Waals surface area contributed by atoms with Crippen LogP contribution in [0.1, 0.15) is 30.0 Å². The van der Waals surface area contributed by atoms with E-state index in [4.69, 9.17) is 17.0 Å². The number of hydrogen-bond acceptors (Lipinski definition) is 7. The number of amides is 1. The summed E-state index contributed by atoms with van der Waals surface area (Å²) in [5, 5.41) is 19.4. The maximum atomic E-state index is 12.5. The Hall–Kier alpha value is -3.37. The Morgan fingerprint density at radius 1 is 1.16 bits per heavy atom. The molecule has 0 aliphatic heterocycles. The van der Waals surface area contributed by atoms with Gasteiger partial charge in [-0.1, -0.05) is 17.4 Å². The van der Waals surface area contributed by atoms with E-state index in [0.717, 1.165) is 27.0 Å². The highest BCUT2D eigenvalue weighted by molar-refractivity contribution is 7.80. The summed E-state index contributed by atoms with van der Waals surface area (Å²) in [7, 11) is 0. The number of thiocarbonyl (C=S) groups is 1. The van der Waals surface area contributed by atoms with Crippen molar-refractivity contribution >= 4 is 45.2 Å². The van der Waals surface area contributed by atoms with E-state index < -0.39 is 0 Å². The Morgan fingerprint density at radius 2 is 1.94 bits per heavy atom. The number of rotatable bonds is 5. The molecule has 10 heteroatoms. The summed E-state index contributed by atoms with van der Waals surface area (Å²) in [6, 6.07) is 14.6. The zero-order valence-corrected chi connectivity index (χ0v) is 18.8. The third-order valence-corrected chi connectivity index (χ3v) is 5.38. The number of fused-ring (bicyclic) bond motifs is 1. The van der Waals surface area contributed by atoms with Crippen molar-refractivity contribution < 1.29 is 9.53 Å². The predicted molar refractivity (Wildman–Crippen MR) is 125 cm³/mol. The van der Waals surface area contributed by atoms with Gasteiger partial charge in [0.05, 0.1) is 6.10 Å². The second-order valence-electron chi connectivity index (χ2n) is 7.03. The Balaban J connectivity index is 1.39. The number of benzene rings is 2. The van der Waals surface area contributed by atoms with Gasteiger partial charge in [-0.25, -0.2) is 0 Å². The van der Waals surface area contributed by atoms with Gasteiger partial charge in [0.1, 0.15) is 10.8 Å². The molecule has 2 aromatic carbocycles. The first-order chi connectivity index (χ1) is 14.9. The fraction of sp³-hybridized carbons (Fsp3) is 0.190. The van der Waals surface area contributed by atoms with E-state index in [2.05, 4.69) is 25.9 Å². The summed E-state index contributed by atoms with van der Waals surface area (Å²) in [6.45, 7) is 5.73. The smallest absolute Gasteiger partial charge is 0.257 e.